The van der Waals surface area contributed by atoms with E-state index in [1.165, 1.54) is 0 Å². The van der Waals surface area contributed by atoms with Crippen molar-refractivity contribution in [1.82, 2.24) is 10.2 Å². The standard InChI is InChI=1S/C25H32N2O5/c1-17-9-10-18(2)25(19(17)3)32-15-23(28)26-20-11-13-27(14-12-20)24(29)16-31-22-8-6-5-7-21(22)30-4/h5-10,20H,11-16H2,1-4H3,(H,26,28). The largest absolute Gasteiger partial charge is 0.493 e. The van der Waals surface area contributed by atoms with Crippen molar-refractivity contribution in [3.63, 3.8) is 0 Å². The number of rotatable bonds is 8. The molecule has 0 aliphatic carbocycles. The first-order valence-corrected chi connectivity index (χ1v) is 10.9. The van der Waals surface area contributed by atoms with Crippen molar-refractivity contribution < 1.29 is 23.8 Å². The van der Waals surface area contributed by atoms with Crippen molar-refractivity contribution in [2.24, 2.45) is 0 Å². The minimum Gasteiger partial charge on any atom is -0.493 e. The average molecular weight is 441 g/mol. The highest BCUT2D eigenvalue weighted by Gasteiger charge is 2.24. The zero-order chi connectivity index (χ0) is 23.1. The molecule has 7 nitrogen and oxygen atoms in total. The van der Waals surface area contributed by atoms with Crippen LogP contribution in [0.3, 0.4) is 0 Å². The number of ether oxygens (including phenoxy) is 3. The van der Waals surface area contributed by atoms with Gasteiger partial charge in [-0.2, -0.15) is 0 Å². The molecule has 0 unspecified atom stereocenters. The topological polar surface area (TPSA) is 77.1 Å². The van der Waals surface area contributed by atoms with Gasteiger partial charge in [0.15, 0.2) is 24.7 Å². The summed E-state index contributed by atoms with van der Waals surface area (Å²) in [5.74, 6) is 1.70. The van der Waals surface area contributed by atoms with Gasteiger partial charge in [-0.25, -0.2) is 0 Å². The summed E-state index contributed by atoms with van der Waals surface area (Å²) in [4.78, 5) is 26.7. The summed E-state index contributed by atoms with van der Waals surface area (Å²) in [5, 5.41) is 3.03. The lowest BCUT2D eigenvalue weighted by Crippen LogP contribution is -2.48. The van der Waals surface area contributed by atoms with Crippen molar-refractivity contribution in [3.8, 4) is 17.2 Å². The lowest BCUT2D eigenvalue weighted by atomic mass is 10.0. The molecule has 1 N–H and O–H groups in total. The molecule has 3 rings (SSSR count). The van der Waals surface area contributed by atoms with Crippen LogP contribution in [0.5, 0.6) is 17.2 Å². The first-order chi connectivity index (χ1) is 15.4. The Morgan fingerprint density at radius 2 is 1.59 bits per heavy atom. The molecule has 2 aromatic carbocycles. The van der Waals surface area contributed by atoms with Gasteiger partial charge in [-0.3, -0.25) is 9.59 Å². The highest BCUT2D eigenvalue weighted by Crippen LogP contribution is 2.26. The lowest BCUT2D eigenvalue weighted by Gasteiger charge is -2.32. The molecule has 0 bridgehead atoms. The first kappa shape index (κ1) is 23.4. The summed E-state index contributed by atoms with van der Waals surface area (Å²) in [6, 6.07) is 11.3. The predicted molar refractivity (Wildman–Crippen MR) is 122 cm³/mol. The molecule has 1 fully saturated rings. The number of nitrogens with one attached hydrogen (secondary N) is 1. The van der Waals surface area contributed by atoms with E-state index in [0.29, 0.717) is 37.4 Å². The van der Waals surface area contributed by atoms with E-state index >= 15 is 0 Å². The van der Waals surface area contributed by atoms with Gasteiger partial charge < -0.3 is 24.4 Å². The number of likely N-dealkylation sites (tertiary alicyclic amines) is 1. The molecule has 7 heteroatoms. The van der Waals surface area contributed by atoms with Gasteiger partial charge in [0.05, 0.1) is 7.11 Å². The second kappa shape index (κ2) is 10.9. The maximum atomic E-state index is 12.5. The summed E-state index contributed by atoms with van der Waals surface area (Å²) in [6.45, 7) is 7.10. The Kier molecular flexibility index (Phi) is 7.98. The maximum absolute atomic E-state index is 12.5. The fourth-order valence-electron chi connectivity index (χ4n) is 3.80. The Bertz CT molecular complexity index is 951. The summed E-state index contributed by atoms with van der Waals surface area (Å²) in [6.07, 6.45) is 1.41. The van der Waals surface area contributed by atoms with E-state index in [1.54, 1.807) is 24.1 Å². The molecule has 0 aromatic heterocycles. The van der Waals surface area contributed by atoms with E-state index in [9.17, 15) is 9.59 Å². The number of amides is 2. The van der Waals surface area contributed by atoms with Crippen molar-refractivity contribution in [1.29, 1.82) is 0 Å². The molecule has 0 spiro atoms. The zero-order valence-corrected chi connectivity index (χ0v) is 19.3. The van der Waals surface area contributed by atoms with E-state index < -0.39 is 0 Å². The summed E-state index contributed by atoms with van der Waals surface area (Å²) in [7, 11) is 1.57. The Hall–Kier alpha value is -3.22. The van der Waals surface area contributed by atoms with Gasteiger partial charge >= 0.3 is 0 Å². The molecule has 0 saturated carbocycles. The Morgan fingerprint density at radius 3 is 2.28 bits per heavy atom. The van der Waals surface area contributed by atoms with Gasteiger partial charge in [-0.15, -0.1) is 0 Å². The summed E-state index contributed by atoms with van der Waals surface area (Å²) >= 11 is 0. The fourth-order valence-corrected chi connectivity index (χ4v) is 3.80. The number of methoxy groups -OCH3 is 1. The number of benzene rings is 2. The van der Waals surface area contributed by atoms with E-state index in [4.69, 9.17) is 14.2 Å². The lowest BCUT2D eigenvalue weighted by molar-refractivity contribution is -0.134. The van der Waals surface area contributed by atoms with Crippen LogP contribution in [0, 0.1) is 20.8 Å². The molecule has 1 heterocycles. The van der Waals surface area contributed by atoms with Gasteiger partial charge in [0.25, 0.3) is 11.8 Å². The van der Waals surface area contributed by atoms with E-state index in [1.807, 2.05) is 45.0 Å². The Labute approximate surface area is 189 Å². The van der Waals surface area contributed by atoms with Crippen LogP contribution < -0.4 is 19.5 Å². The van der Waals surface area contributed by atoms with Crippen LogP contribution in [-0.2, 0) is 9.59 Å². The van der Waals surface area contributed by atoms with Gasteiger partial charge in [0, 0.05) is 19.1 Å². The number of hydrogen-bond acceptors (Lipinski definition) is 5. The SMILES string of the molecule is COc1ccccc1OCC(=O)N1CCC(NC(=O)COc2c(C)ccc(C)c2C)CC1. The van der Waals surface area contributed by atoms with Gasteiger partial charge in [0.1, 0.15) is 5.75 Å². The molecule has 172 valence electrons. The smallest absolute Gasteiger partial charge is 0.260 e. The molecule has 1 aliphatic heterocycles. The monoisotopic (exact) mass is 440 g/mol. The fraction of sp³-hybridized carbons (Fsp3) is 0.440. The van der Waals surface area contributed by atoms with E-state index in [2.05, 4.69) is 5.32 Å². The molecule has 0 atom stereocenters. The third-order valence-electron chi connectivity index (χ3n) is 5.85. The minimum atomic E-state index is -0.144. The Balaban J connectivity index is 1.41. The number of nitrogens with zero attached hydrogens (tertiary/aromatic N) is 1. The van der Waals surface area contributed by atoms with Crippen molar-refractivity contribution >= 4 is 11.8 Å². The second-order valence-electron chi connectivity index (χ2n) is 8.10. The molecular weight excluding hydrogens is 408 g/mol. The molecule has 2 aromatic rings. The quantitative estimate of drug-likeness (QED) is 0.682. The predicted octanol–water partition coefficient (Wildman–Crippen LogP) is 3.19. The second-order valence-corrected chi connectivity index (χ2v) is 8.10. The highest BCUT2D eigenvalue weighted by molar-refractivity contribution is 5.79. The Morgan fingerprint density at radius 1 is 0.938 bits per heavy atom. The zero-order valence-electron chi connectivity index (χ0n) is 19.3. The molecule has 1 saturated heterocycles. The van der Waals surface area contributed by atoms with Crippen LogP contribution in [0.4, 0.5) is 0 Å². The molecule has 32 heavy (non-hydrogen) atoms. The molecule has 2 amide bonds. The van der Waals surface area contributed by atoms with Gasteiger partial charge in [-0.1, -0.05) is 24.3 Å². The first-order valence-electron chi connectivity index (χ1n) is 10.9. The minimum absolute atomic E-state index is 0.0168. The highest BCUT2D eigenvalue weighted by atomic mass is 16.5. The third kappa shape index (κ3) is 5.93. The maximum Gasteiger partial charge on any atom is 0.260 e. The molecular formula is C25H32N2O5. The normalized spacial score (nSPS) is 14.1. The average Bonchev–Trinajstić information content (AvgIpc) is 2.80. The van der Waals surface area contributed by atoms with Crippen molar-refractivity contribution in [3.05, 3.63) is 53.1 Å². The third-order valence-corrected chi connectivity index (χ3v) is 5.85. The number of carbonyl (C=O) groups excluding carboxylic acids is 2. The van der Waals surface area contributed by atoms with E-state index in [0.717, 1.165) is 22.4 Å². The number of hydrogen-bond donors (Lipinski definition) is 1. The van der Waals surface area contributed by atoms with Gasteiger partial charge in [0.2, 0.25) is 0 Å². The van der Waals surface area contributed by atoms with Gasteiger partial charge in [-0.05, 0) is 62.4 Å². The number of piperidine rings is 1. The van der Waals surface area contributed by atoms with Crippen LogP contribution in [-0.4, -0.2) is 56.2 Å². The van der Waals surface area contributed by atoms with Crippen LogP contribution in [0.2, 0.25) is 0 Å². The van der Waals surface area contributed by atoms with Crippen LogP contribution in [0.25, 0.3) is 0 Å². The summed E-state index contributed by atoms with van der Waals surface area (Å²) in [5.41, 5.74) is 3.21. The number of para-hydroxylation sites is 2. The number of aryl methyl sites for hydroxylation is 2. The summed E-state index contributed by atoms with van der Waals surface area (Å²) < 4.78 is 16.7. The van der Waals surface area contributed by atoms with Crippen LogP contribution in [0.15, 0.2) is 36.4 Å². The van der Waals surface area contributed by atoms with Crippen molar-refractivity contribution in [2.75, 3.05) is 33.4 Å². The van der Waals surface area contributed by atoms with Crippen LogP contribution in [0.1, 0.15) is 29.5 Å². The number of carbonyl (C=O) groups is 2. The van der Waals surface area contributed by atoms with Crippen LogP contribution >= 0.6 is 0 Å². The molecule has 1 aliphatic rings. The molecule has 0 radical (unpaired) electrons. The van der Waals surface area contributed by atoms with E-state index in [-0.39, 0.29) is 31.1 Å². The van der Waals surface area contributed by atoms with Crippen molar-refractivity contribution in [2.45, 2.75) is 39.7 Å².